The first-order valence-corrected chi connectivity index (χ1v) is 0. The second-order valence-electron chi connectivity index (χ2n) is 0. The van der Waals surface area contributed by atoms with Crippen LogP contribution < -0.4 is 6.15 Å². The van der Waals surface area contributed by atoms with Crippen molar-refractivity contribution in [3.05, 3.63) is 0 Å². The fraction of sp³-hybridized carbons (Fsp3) is 0. The Hall–Kier alpha value is 1.12. The third-order valence-corrected chi connectivity index (χ3v) is 0. The van der Waals surface area contributed by atoms with Crippen LogP contribution in [0.4, 0.5) is 0 Å². The summed E-state index contributed by atoms with van der Waals surface area (Å²) in [6.45, 7) is 0. The van der Waals surface area contributed by atoms with E-state index in [2.05, 4.69) is 0 Å². The fourth-order valence-corrected chi connectivity index (χ4v) is 0. The maximum Gasteiger partial charge on any atom is 2.00 e. The molecule has 4 heavy (non-hydrogen) atoms. The molecular formula is H10MgNOP. The van der Waals surface area contributed by atoms with Crippen LogP contribution in [0.25, 0.3) is 0 Å². The van der Waals surface area contributed by atoms with Crippen LogP contribution in [0.5, 0.6) is 0 Å². The van der Waals surface area contributed by atoms with Crippen molar-refractivity contribution in [3.8, 4) is 0 Å². The van der Waals surface area contributed by atoms with Gasteiger partial charge in [0, 0.05) is 0 Å². The molecule has 0 aromatic rings. The van der Waals surface area contributed by atoms with Crippen molar-refractivity contribution in [2.75, 3.05) is 0 Å². The Morgan fingerprint density at radius 3 is 1.25 bits per heavy atom. The zero-order chi connectivity index (χ0) is 0. The SMILES string of the molecule is N.O.P.[H-].[H-].[Mg+2]. The summed E-state index contributed by atoms with van der Waals surface area (Å²) in [5, 5.41) is 0. The third-order valence-electron chi connectivity index (χ3n) is 0. The first kappa shape index (κ1) is 69.6. The summed E-state index contributed by atoms with van der Waals surface area (Å²) in [5.41, 5.74) is 0. The van der Waals surface area contributed by atoms with Crippen LogP contribution in [0.3, 0.4) is 0 Å². The Kier molecular flexibility index (Phi) is 558. The zero-order valence-corrected chi connectivity index (χ0v) is 5.45. The van der Waals surface area contributed by atoms with Gasteiger partial charge >= 0.3 is 23.1 Å². The fourth-order valence-electron chi connectivity index (χ4n) is 0. The number of hydrogen-bond acceptors (Lipinski definition) is 1. The summed E-state index contributed by atoms with van der Waals surface area (Å²) in [7, 11) is 0. The van der Waals surface area contributed by atoms with Crippen LogP contribution in [0.15, 0.2) is 0 Å². The van der Waals surface area contributed by atoms with E-state index in [9.17, 15) is 0 Å². The minimum atomic E-state index is 0. The van der Waals surface area contributed by atoms with E-state index in [1.54, 1.807) is 0 Å². The molecule has 0 aliphatic rings. The van der Waals surface area contributed by atoms with Gasteiger partial charge in [0.2, 0.25) is 0 Å². The average Bonchev–Trinajstić information content (AvgIpc) is 0. The number of hydrogen-bond donors (Lipinski definition) is 1. The molecule has 1 unspecified atom stereocenters. The van der Waals surface area contributed by atoms with E-state index in [4.69, 9.17) is 0 Å². The van der Waals surface area contributed by atoms with Crippen LogP contribution in [-0.2, 0) is 0 Å². The average molecular weight is 95.4 g/mol. The molecule has 4 heteroatoms. The molecule has 0 heterocycles. The molecule has 0 aromatic carbocycles. The van der Waals surface area contributed by atoms with Crippen molar-refractivity contribution in [1.29, 1.82) is 0 Å². The van der Waals surface area contributed by atoms with Gasteiger partial charge in [0.25, 0.3) is 0 Å². The van der Waals surface area contributed by atoms with Gasteiger partial charge in [0.15, 0.2) is 0 Å². The molecule has 28 valence electrons. The normalized spacial score (nSPS) is 0. The summed E-state index contributed by atoms with van der Waals surface area (Å²) in [6.07, 6.45) is 0. The van der Waals surface area contributed by atoms with Crippen molar-refractivity contribution in [3.63, 3.8) is 0 Å². The van der Waals surface area contributed by atoms with Gasteiger partial charge in [-0.25, -0.2) is 0 Å². The van der Waals surface area contributed by atoms with Gasteiger partial charge in [0.05, 0.1) is 0 Å². The van der Waals surface area contributed by atoms with Crippen molar-refractivity contribution in [2.45, 2.75) is 0 Å². The molecule has 0 spiro atoms. The third kappa shape index (κ3) is 11.2. The van der Waals surface area contributed by atoms with E-state index < -0.39 is 0 Å². The molecule has 0 saturated carbocycles. The predicted molar refractivity (Wildman–Crippen MR) is 27.7 cm³/mol. The quantitative estimate of drug-likeness (QED) is 0.312. The molecule has 0 radical (unpaired) electrons. The largest absolute Gasteiger partial charge is 2.00 e. The van der Waals surface area contributed by atoms with Gasteiger partial charge in [-0.15, -0.1) is 0 Å². The van der Waals surface area contributed by atoms with Crippen molar-refractivity contribution < 1.29 is 8.33 Å². The Morgan fingerprint density at radius 1 is 1.25 bits per heavy atom. The molecular weight excluding hydrogens is 85.3 g/mol. The summed E-state index contributed by atoms with van der Waals surface area (Å²) in [5.74, 6) is 0. The molecule has 5 N–H and O–H groups in total. The first-order valence-electron chi connectivity index (χ1n) is 0. The standard InChI is InChI=1S/Mg.H3N.H2O.H3P.2H/h;1H3;1H2;1H3;;/q+2;;;;2*-1. The Morgan fingerprint density at radius 2 is 1.25 bits per heavy atom. The zero-order valence-electron chi connectivity index (χ0n) is 4.62. The summed E-state index contributed by atoms with van der Waals surface area (Å²) < 4.78 is 0. The first-order chi connectivity index (χ1) is 0. The van der Waals surface area contributed by atoms with Gasteiger partial charge in [-0.2, -0.15) is 9.90 Å². The van der Waals surface area contributed by atoms with Gasteiger partial charge < -0.3 is 14.5 Å². The Balaban J connectivity index is 0. The van der Waals surface area contributed by atoms with Crippen molar-refractivity contribution in [2.24, 2.45) is 0 Å². The van der Waals surface area contributed by atoms with Crippen molar-refractivity contribution >= 4 is 33.0 Å². The van der Waals surface area contributed by atoms with Crippen LogP contribution in [0.1, 0.15) is 2.85 Å². The molecule has 0 bridgehead atoms. The minimum Gasteiger partial charge on any atom is -1.00 e. The summed E-state index contributed by atoms with van der Waals surface area (Å²) >= 11 is 0. The maximum atomic E-state index is 0. The Labute approximate surface area is 48.0 Å². The van der Waals surface area contributed by atoms with Gasteiger partial charge in [-0.05, 0) is 0 Å². The molecule has 0 fully saturated rings. The van der Waals surface area contributed by atoms with Gasteiger partial charge in [0.1, 0.15) is 0 Å². The maximum absolute atomic E-state index is 0. The molecule has 0 saturated heterocycles. The second-order valence-corrected chi connectivity index (χ2v) is 0. The summed E-state index contributed by atoms with van der Waals surface area (Å²) in [4.78, 5) is 0. The molecule has 0 aliphatic heterocycles. The minimum absolute atomic E-state index is 0. The van der Waals surface area contributed by atoms with E-state index in [1.165, 1.54) is 0 Å². The molecule has 0 aromatic heterocycles. The van der Waals surface area contributed by atoms with Crippen molar-refractivity contribution in [1.82, 2.24) is 6.15 Å². The van der Waals surface area contributed by atoms with E-state index in [-0.39, 0.29) is 47.4 Å². The van der Waals surface area contributed by atoms with Crippen LogP contribution in [0.2, 0.25) is 0 Å². The van der Waals surface area contributed by atoms with Gasteiger partial charge in [-0.3, -0.25) is 0 Å². The number of rotatable bonds is 0. The monoisotopic (exact) mass is 95.0 g/mol. The smallest absolute Gasteiger partial charge is 1.00 e. The van der Waals surface area contributed by atoms with E-state index in [0.717, 1.165) is 0 Å². The van der Waals surface area contributed by atoms with Gasteiger partial charge in [-0.1, -0.05) is 0 Å². The summed E-state index contributed by atoms with van der Waals surface area (Å²) in [6, 6.07) is 0. The Bertz CT molecular complexity index is 13.5. The predicted octanol–water partition coefficient (Wildman–Crippen LogP) is -0.760. The molecule has 1 atom stereocenters. The van der Waals surface area contributed by atoms with E-state index in [1.807, 2.05) is 0 Å². The van der Waals surface area contributed by atoms with Crippen LogP contribution >= 0.6 is 9.90 Å². The van der Waals surface area contributed by atoms with Crippen LogP contribution in [-0.4, -0.2) is 28.5 Å². The van der Waals surface area contributed by atoms with E-state index in [0.29, 0.717) is 0 Å². The molecule has 0 rings (SSSR count). The molecule has 0 amide bonds. The topological polar surface area (TPSA) is 66.5 Å². The van der Waals surface area contributed by atoms with Crippen LogP contribution in [0, 0.1) is 0 Å². The second kappa shape index (κ2) is 32.1. The molecule has 0 aliphatic carbocycles. The molecule has 2 nitrogen and oxygen atoms in total. The van der Waals surface area contributed by atoms with E-state index >= 15 is 0 Å².